The monoisotopic (exact) mass is 338 g/mol. The average Bonchev–Trinajstić information content (AvgIpc) is 2.79. The van der Waals surface area contributed by atoms with Crippen LogP contribution in [0, 0.1) is 5.41 Å². The molecule has 1 aromatic rings. The molecule has 2 N–H and O–H groups in total. The van der Waals surface area contributed by atoms with Gasteiger partial charge in [0.2, 0.25) is 0 Å². The smallest absolute Gasteiger partial charge is 0.315 e. The molecule has 0 bridgehead atoms. The van der Waals surface area contributed by atoms with E-state index in [0.29, 0.717) is 13.0 Å². The van der Waals surface area contributed by atoms with Crippen molar-refractivity contribution in [1.29, 1.82) is 0 Å². The van der Waals surface area contributed by atoms with Crippen LogP contribution in [0.3, 0.4) is 0 Å². The molecular formula is C17H26N2O3S. The second-order valence-electron chi connectivity index (χ2n) is 7.08. The van der Waals surface area contributed by atoms with Crippen molar-refractivity contribution in [2.75, 3.05) is 18.6 Å². The van der Waals surface area contributed by atoms with Crippen LogP contribution in [-0.4, -0.2) is 39.0 Å². The van der Waals surface area contributed by atoms with Crippen LogP contribution in [0.25, 0.3) is 0 Å². The Balaban J connectivity index is 1.77. The Morgan fingerprint density at radius 1 is 1.26 bits per heavy atom. The number of hydrogen-bond donors (Lipinski definition) is 2. The zero-order valence-corrected chi connectivity index (χ0v) is 14.9. The number of amides is 2. The van der Waals surface area contributed by atoms with Crippen LogP contribution in [-0.2, 0) is 22.7 Å². The summed E-state index contributed by atoms with van der Waals surface area (Å²) in [5.74, 6) is 0.0848. The van der Waals surface area contributed by atoms with Gasteiger partial charge in [0.25, 0.3) is 0 Å². The number of carbonyl (C=O) groups excluding carboxylic acids is 1. The van der Waals surface area contributed by atoms with E-state index >= 15 is 0 Å². The first-order valence-corrected chi connectivity index (χ1v) is 10.0. The van der Waals surface area contributed by atoms with E-state index < -0.39 is 9.84 Å². The highest BCUT2D eigenvalue weighted by Gasteiger charge is 2.32. The van der Waals surface area contributed by atoms with Crippen LogP contribution in [0.15, 0.2) is 24.3 Å². The fourth-order valence-electron chi connectivity index (χ4n) is 3.04. The highest BCUT2D eigenvalue weighted by Crippen LogP contribution is 2.35. The SMILES string of the molecule is CC(CCS(C)(=O)=O)NC(=O)NCC1(C)Cc2ccccc2C1. The Morgan fingerprint density at radius 2 is 1.83 bits per heavy atom. The molecule has 1 aliphatic carbocycles. The van der Waals surface area contributed by atoms with Crippen molar-refractivity contribution in [2.24, 2.45) is 5.41 Å². The first kappa shape index (κ1) is 17.8. The number of rotatable bonds is 6. The summed E-state index contributed by atoms with van der Waals surface area (Å²) in [6.45, 7) is 4.60. The number of sulfone groups is 1. The number of fused-ring (bicyclic) bond motifs is 1. The number of nitrogens with one attached hydrogen (secondary N) is 2. The number of benzene rings is 1. The minimum absolute atomic E-state index is 0.0387. The minimum atomic E-state index is -2.99. The van der Waals surface area contributed by atoms with Gasteiger partial charge in [0.1, 0.15) is 9.84 Å². The third-order valence-electron chi connectivity index (χ3n) is 4.33. The fraction of sp³-hybridized carbons (Fsp3) is 0.588. The average molecular weight is 338 g/mol. The molecule has 0 fully saturated rings. The predicted molar refractivity (Wildman–Crippen MR) is 92.3 cm³/mol. The minimum Gasteiger partial charge on any atom is -0.338 e. The van der Waals surface area contributed by atoms with E-state index in [1.165, 1.54) is 17.4 Å². The second kappa shape index (κ2) is 6.91. The second-order valence-corrected chi connectivity index (χ2v) is 9.34. The molecule has 2 rings (SSSR count). The molecule has 6 heteroatoms. The lowest BCUT2D eigenvalue weighted by atomic mass is 9.87. The predicted octanol–water partition coefficient (Wildman–Crippen LogP) is 1.91. The maximum absolute atomic E-state index is 12.0. The van der Waals surface area contributed by atoms with Gasteiger partial charge in [-0.25, -0.2) is 13.2 Å². The van der Waals surface area contributed by atoms with E-state index in [4.69, 9.17) is 0 Å². The lowest BCUT2D eigenvalue weighted by Gasteiger charge is -2.24. The Kier molecular flexibility index (Phi) is 5.34. The Morgan fingerprint density at radius 3 is 2.35 bits per heavy atom. The molecule has 0 aliphatic heterocycles. The normalized spacial score (nSPS) is 17.3. The Bertz CT molecular complexity index is 645. The molecule has 2 amide bonds. The highest BCUT2D eigenvalue weighted by molar-refractivity contribution is 7.90. The molecule has 0 saturated heterocycles. The summed E-state index contributed by atoms with van der Waals surface area (Å²) in [5.41, 5.74) is 2.76. The van der Waals surface area contributed by atoms with Gasteiger partial charge in [-0.3, -0.25) is 0 Å². The molecule has 0 aromatic heterocycles. The Hall–Kier alpha value is -1.56. The van der Waals surface area contributed by atoms with E-state index in [-0.39, 0.29) is 23.2 Å². The van der Waals surface area contributed by atoms with Crippen molar-refractivity contribution in [3.05, 3.63) is 35.4 Å². The zero-order chi connectivity index (χ0) is 17.1. The molecule has 23 heavy (non-hydrogen) atoms. The zero-order valence-electron chi connectivity index (χ0n) is 14.1. The molecule has 0 spiro atoms. The molecular weight excluding hydrogens is 312 g/mol. The molecule has 0 heterocycles. The number of hydrogen-bond acceptors (Lipinski definition) is 3. The molecule has 1 unspecified atom stereocenters. The summed E-state index contributed by atoms with van der Waals surface area (Å²) in [6, 6.07) is 7.99. The van der Waals surface area contributed by atoms with E-state index in [1.54, 1.807) is 0 Å². The van der Waals surface area contributed by atoms with Gasteiger partial charge in [-0.05, 0) is 42.7 Å². The summed E-state index contributed by atoms with van der Waals surface area (Å²) >= 11 is 0. The van der Waals surface area contributed by atoms with Gasteiger partial charge in [-0.15, -0.1) is 0 Å². The van der Waals surface area contributed by atoms with Gasteiger partial charge in [-0.1, -0.05) is 31.2 Å². The summed E-state index contributed by atoms with van der Waals surface area (Å²) in [4.78, 5) is 12.0. The van der Waals surface area contributed by atoms with Crippen molar-refractivity contribution in [2.45, 2.75) is 39.2 Å². The molecule has 1 aliphatic rings. The Labute approximate surface area is 138 Å². The lowest BCUT2D eigenvalue weighted by Crippen LogP contribution is -2.45. The van der Waals surface area contributed by atoms with Gasteiger partial charge < -0.3 is 10.6 Å². The molecule has 1 aromatic carbocycles. The van der Waals surface area contributed by atoms with E-state index in [1.807, 2.05) is 19.1 Å². The van der Waals surface area contributed by atoms with Crippen molar-refractivity contribution < 1.29 is 13.2 Å². The maximum atomic E-state index is 12.0. The molecule has 1 atom stereocenters. The number of carbonyl (C=O) groups is 1. The molecule has 0 saturated carbocycles. The molecule has 128 valence electrons. The van der Waals surface area contributed by atoms with Crippen molar-refractivity contribution in [3.8, 4) is 0 Å². The van der Waals surface area contributed by atoms with Crippen LogP contribution in [0.5, 0.6) is 0 Å². The van der Waals surface area contributed by atoms with Gasteiger partial charge in [0.15, 0.2) is 0 Å². The van der Waals surface area contributed by atoms with Crippen molar-refractivity contribution >= 4 is 15.9 Å². The van der Waals surface area contributed by atoms with Crippen molar-refractivity contribution in [1.82, 2.24) is 10.6 Å². The van der Waals surface area contributed by atoms with Crippen molar-refractivity contribution in [3.63, 3.8) is 0 Å². The summed E-state index contributed by atoms with van der Waals surface area (Å²) in [5, 5.41) is 5.73. The fourth-order valence-corrected chi connectivity index (χ4v) is 3.82. The third-order valence-corrected chi connectivity index (χ3v) is 5.30. The van der Waals surface area contributed by atoms with Gasteiger partial charge in [0.05, 0.1) is 5.75 Å². The first-order chi connectivity index (χ1) is 10.7. The van der Waals surface area contributed by atoms with Gasteiger partial charge >= 0.3 is 6.03 Å². The quantitative estimate of drug-likeness (QED) is 0.832. The lowest BCUT2D eigenvalue weighted by molar-refractivity contribution is 0.229. The molecule has 0 radical (unpaired) electrons. The number of urea groups is 1. The van der Waals surface area contributed by atoms with Crippen LogP contribution in [0.1, 0.15) is 31.4 Å². The summed E-state index contributed by atoms with van der Waals surface area (Å²) in [7, 11) is -2.99. The van der Waals surface area contributed by atoms with Gasteiger partial charge in [-0.2, -0.15) is 0 Å². The topological polar surface area (TPSA) is 75.3 Å². The standard InChI is InChI=1S/C17H26N2O3S/c1-13(8-9-23(3,21)22)19-16(20)18-12-17(2)10-14-6-4-5-7-15(14)11-17/h4-7,13H,8-12H2,1-3H3,(H2,18,19,20). The van der Waals surface area contributed by atoms with Crippen LogP contribution in [0.4, 0.5) is 4.79 Å². The van der Waals surface area contributed by atoms with Crippen LogP contribution >= 0.6 is 0 Å². The summed E-state index contributed by atoms with van der Waals surface area (Å²) < 4.78 is 22.3. The third kappa shape index (κ3) is 5.53. The molecule has 5 nitrogen and oxygen atoms in total. The van der Waals surface area contributed by atoms with E-state index in [0.717, 1.165) is 12.8 Å². The van der Waals surface area contributed by atoms with Crippen LogP contribution in [0.2, 0.25) is 0 Å². The van der Waals surface area contributed by atoms with Crippen LogP contribution < -0.4 is 10.6 Å². The van der Waals surface area contributed by atoms with E-state index in [9.17, 15) is 13.2 Å². The highest BCUT2D eigenvalue weighted by atomic mass is 32.2. The largest absolute Gasteiger partial charge is 0.338 e. The van der Waals surface area contributed by atoms with Gasteiger partial charge in [0, 0.05) is 18.8 Å². The summed E-state index contributed by atoms with van der Waals surface area (Å²) in [6.07, 6.45) is 3.56. The van der Waals surface area contributed by atoms with E-state index in [2.05, 4.69) is 29.7 Å². The maximum Gasteiger partial charge on any atom is 0.315 e. The first-order valence-electron chi connectivity index (χ1n) is 7.96.